The Morgan fingerprint density at radius 2 is 1.91 bits per heavy atom. The molecule has 43 heavy (non-hydrogen) atoms. The average Bonchev–Trinajstić information content (AvgIpc) is 3.53. The zero-order chi connectivity index (χ0) is 29.5. The number of rotatable bonds is 9. The number of aromatic nitrogens is 4. The van der Waals surface area contributed by atoms with E-state index in [2.05, 4.69) is 14.6 Å². The van der Waals surface area contributed by atoms with Crippen LogP contribution in [0.4, 0.5) is 4.39 Å². The highest BCUT2D eigenvalue weighted by molar-refractivity contribution is 5.92. The van der Waals surface area contributed by atoms with Crippen molar-refractivity contribution in [1.29, 1.82) is 0 Å². The second kappa shape index (κ2) is 11.4. The van der Waals surface area contributed by atoms with Gasteiger partial charge in [0.1, 0.15) is 12.4 Å². The van der Waals surface area contributed by atoms with Crippen LogP contribution in [0, 0.1) is 5.82 Å². The van der Waals surface area contributed by atoms with Crippen LogP contribution in [0.25, 0.3) is 21.9 Å². The number of hydrogen-bond donors (Lipinski definition) is 1. The molecular formula is C33H34FN5O4. The Labute approximate surface area is 248 Å². The molecule has 9 nitrogen and oxygen atoms in total. The topological polar surface area (TPSA) is 94.6 Å². The van der Waals surface area contributed by atoms with Crippen LogP contribution in [0.5, 0.6) is 5.75 Å². The van der Waals surface area contributed by atoms with Gasteiger partial charge in [0.2, 0.25) is 0 Å². The zero-order valence-corrected chi connectivity index (χ0v) is 24.1. The van der Waals surface area contributed by atoms with Crippen LogP contribution in [-0.2, 0) is 31.5 Å². The molecule has 0 saturated carbocycles. The first-order chi connectivity index (χ1) is 20.9. The molecule has 7 rings (SSSR count). The largest absolute Gasteiger partial charge is 0.486 e. The number of carboxylic acids is 1. The van der Waals surface area contributed by atoms with Crippen molar-refractivity contribution in [3.05, 3.63) is 89.1 Å². The summed E-state index contributed by atoms with van der Waals surface area (Å²) in [6.45, 7) is 4.15. The van der Waals surface area contributed by atoms with Crippen LogP contribution in [-0.4, -0.2) is 61.1 Å². The molecule has 2 saturated heterocycles. The Hall–Kier alpha value is -4.28. The Balaban J connectivity index is 1.02. The van der Waals surface area contributed by atoms with Gasteiger partial charge in [-0.1, -0.05) is 18.2 Å². The highest BCUT2D eigenvalue weighted by Gasteiger charge is 2.26. The number of nitrogens with zero attached hydrogens (tertiary/aromatic N) is 5. The molecule has 1 unspecified atom stereocenters. The number of likely N-dealkylation sites (tertiary alicyclic amines) is 1. The molecule has 0 aliphatic carbocycles. The number of benzene rings is 3. The highest BCUT2D eigenvalue weighted by atomic mass is 19.1. The predicted octanol–water partition coefficient (Wildman–Crippen LogP) is 5.51. The summed E-state index contributed by atoms with van der Waals surface area (Å²) in [4.78, 5) is 18.9. The summed E-state index contributed by atoms with van der Waals surface area (Å²) in [6, 6.07) is 16.4. The van der Waals surface area contributed by atoms with E-state index in [1.54, 1.807) is 18.2 Å². The number of carbonyl (C=O) groups is 1. The van der Waals surface area contributed by atoms with Gasteiger partial charge in [0.05, 0.1) is 47.5 Å². The minimum atomic E-state index is -0.946. The molecule has 0 amide bonds. The van der Waals surface area contributed by atoms with Crippen LogP contribution < -0.4 is 4.74 Å². The summed E-state index contributed by atoms with van der Waals surface area (Å²) < 4.78 is 30.3. The minimum absolute atomic E-state index is 0.128. The van der Waals surface area contributed by atoms with E-state index in [0.717, 1.165) is 77.8 Å². The first-order valence-corrected chi connectivity index (χ1v) is 14.8. The number of aryl methyl sites for hydroxylation is 1. The van der Waals surface area contributed by atoms with E-state index in [4.69, 9.17) is 14.5 Å². The van der Waals surface area contributed by atoms with E-state index in [1.807, 2.05) is 48.3 Å². The molecule has 2 aromatic heterocycles. The molecule has 0 radical (unpaired) electrons. The van der Waals surface area contributed by atoms with E-state index >= 15 is 0 Å². The maximum absolute atomic E-state index is 14.7. The van der Waals surface area contributed by atoms with Crippen molar-refractivity contribution in [2.45, 2.75) is 51.0 Å². The summed E-state index contributed by atoms with van der Waals surface area (Å²) >= 11 is 0. The number of halogens is 1. The number of carboxylic acid groups (broad SMARTS) is 1. The van der Waals surface area contributed by atoms with Crippen LogP contribution in [0.3, 0.4) is 0 Å². The number of fused-ring (bicyclic) bond motifs is 2. The summed E-state index contributed by atoms with van der Waals surface area (Å²) in [5.41, 5.74) is 4.95. The first kappa shape index (κ1) is 27.5. The minimum Gasteiger partial charge on any atom is -0.486 e. The number of ether oxygens (including phenoxy) is 2. The summed E-state index contributed by atoms with van der Waals surface area (Å²) in [5.74, 6) is 0.207. The predicted molar refractivity (Wildman–Crippen MR) is 160 cm³/mol. The Morgan fingerprint density at radius 3 is 2.67 bits per heavy atom. The molecular weight excluding hydrogens is 549 g/mol. The van der Waals surface area contributed by atoms with E-state index in [-0.39, 0.29) is 29.8 Å². The standard InChI is InChI=1S/C33H34FN5O4/c1-37-29-14-21(2-3-25(29)17-35-37)20-43-31-16-23(4-6-27(31)34)22-8-11-38(12-9-22)19-32-36-28-7-5-24(33(40)41)15-30(28)39(32)18-26-10-13-42-26/h2-7,14-17,22,26H,8-13,18-20H2,1H3,(H,40,41). The summed E-state index contributed by atoms with van der Waals surface area (Å²) in [5, 5.41) is 14.9. The second-order valence-corrected chi connectivity index (χ2v) is 11.6. The van der Waals surface area contributed by atoms with Gasteiger partial charge in [-0.05, 0) is 85.8 Å². The van der Waals surface area contributed by atoms with Crippen LogP contribution >= 0.6 is 0 Å². The van der Waals surface area contributed by atoms with Crippen LogP contribution in [0.1, 0.15) is 52.5 Å². The van der Waals surface area contributed by atoms with Gasteiger partial charge in [-0.3, -0.25) is 9.58 Å². The van der Waals surface area contributed by atoms with E-state index in [0.29, 0.717) is 19.0 Å². The monoisotopic (exact) mass is 583 g/mol. The maximum atomic E-state index is 14.7. The van der Waals surface area contributed by atoms with Crippen molar-refractivity contribution in [3.8, 4) is 5.75 Å². The Kier molecular flexibility index (Phi) is 7.32. The lowest BCUT2D eigenvalue weighted by Crippen LogP contribution is -2.35. The van der Waals surface area contributed by atoms with Gasteiger partial charge in [0.25, 0.3) is 0 Å². The molecule has 222 valence electrons. The van der Waals surface area contributed by atoms with E-state index in [1.165, 1.54) is 6.07 Å². The van der Waals surface area contributed by atoms with Crippen molar-refractivity contribution in [3.63, 3.8) is 0 Å². The van der Waals surface area contributed by atoms with Crippen LogP contribution in [0.15, 0.2) is 60.8 Å². The van der Waals surface area contributed by atoms with Crippen molar-refractivity contribution < 1.29 is 23.8 Å². The second-order valence-electron chi connectivity index (χ2n) is 11.6. The maximum Gasteiger partial charge on any atom is 0.335 e. The van der Waals surface area contributed by atoms with Gasteiger partial charge in [0.15, 0.2) is 11.6 Å². The molecule has 4 heterocycles. The zero-order valence-electron chi connectivity index (χ0n) is 24.1. The van der Waals surface area contributed by atoms with Crippen molar-refractivity contribution in [2.24, 2.45) is 7.05 Å². The first-order valence-electron chi connectivity index (χ1n) is 14.8. The molecule has 5 aromatic rings. The third kappa shape index (κ3) is 5.60. The molecule has 2 aliphatic rings. The Morgan fingerprint density at radius 1 is 1.07 bits per heavy atom. The third-order valence-corrected chi connectivity index (χ3v) is 8.84. The Bertz CT molecular complexity index is 1800. The van der Waals surface area contributed by atoms with Crippen molar-refractivity contribution in [1.82, 2.24) is 24.2 Å². The molecule has 3 aromatic carbocycles. The molecule has 0 spiro atoms. The molecule has 2 fully saturated rings. The van der Waals surface area contributed by atoms with Crippen molar-refractivity contribution in [2.75, 3.05) is 19.7 Å². The van der Waals surface area contributed by atoms with Crippen LogP contribution in [0.2, 0.25) is 0 Å². The van der Waals surface area contributed by atoms with E-state index in [9.17, 15) is 14.3 Å². The quantitative estimate of drug-likeness (QED) is 0.245. The van der Waals surface area contributed by atoms with Gasteiger partial charge < -0.3 is 19.1 Å². The normalized spacial score (nSPS) is 17.9. The highest BCUT2D eigenvalue weighted by Crippen LogP contribution is 2.33. The van der Waals surface area contributed by atoms with Gasteiger partial charge >= 0.3 is 5.97 Å². The number of imidazole rings is 1. The molecule has 1 N–H and O–H groups in total. The fourth-order valence-electron chi connectivity index (χ4n) is 6.21. The summed E-state index contributed by atoms with van der Waals surface area (Å²) in [7, 11) is 1.90. The fraction of sp³-hybridized carbons (Fsp3) is 0.364. The molecule has 10 heteroatoms. The fourth-order valence-corrected chi connectivity index (χ4v) is 6.21. The lowest BCUT2D eigenvalue weighted by molar-refractivity contribution is -0.0592. The van der Waals surface area contributed by atoms with Crippen molar-refractivity contribution >= 4 is 27.9 Å². The smallest absolute Gasteiger partial charge is 0.335 e. The number of aromatic carboxylic acids is 1. The molecule has 2 aliphatic heterocycles. The third-order valence-electron chi connectivity index (χ3n) is 8.84. The molecule has 0 bridgehead atoms. The van der Waals surface area contributed by atoms with Gasteiger partial charge in [-0.25, -0.2) is 14.2 Å². The number of piperidine rings is 1. The molecule has 1 atom stereocenters. The number of hydrogen-bond acceptors (Lipinski definition) is 6. The lowest BCUT2D eigenvalue weighted by atomic mass is 9.89. The lowest BCUT2D eigenvalue weighted by Gasteiger charge is -2.33. The van der Waals surface area contributed by atoms with Gasteiger partial charge in [-0.2, -0.15) is 5.10 Å². The average molecular weight is 584 g/mol. The van der Waals surface area contributed by atoms with Gasteiger partial charge in [0, 0.05) is 19.0 Å². The SMILES string of the molecule is Cn1ncc2ccc(COc3cc(C4CCN(Cc5nc6ccc(C(=O)O)cc6n5CC5CCO5)CC4)ccc3F)cc21. The van der Waals surface area contributed by atoms with E-state index < -0.39 is 5.97 Å². The van der Waals surface area contributed by atoms with Gasteiger partial charge in [-0.15, -0.1) is 0 Å². The summed E-state index contributed by atoms with van der Waals surface area (Å²) in [6.07, 6.45) is 4.83.